The predicted molar refractivity (Wildman–Crippen MR) is 101 cm³/mol. The summed E-state index contributed by atoms with van der Waals surface area (Å²) in [7, 11) is -8.44. The Kier molecular flexibility index (Phi) is 6.91. The van der Waals surface area contributed by atoms with E-state index in [1.54, 1.807) is 19.9 Å². The van der Waals surface area contributed by atoms with Gasteiger partial charge in [-0.05, 0) is 43.2 Å². The van der Waals surface area contributed by atoms with Crippen LogP contribution in [0.3, 0.4) is 0 Å². The third kappa shape index (κ3) is 5.47. The van der Waals surface area contributed by atoms with Crippen LogP contribution in [0.15, 0.2) is 34.1 Å². The van der Waals surface area contributed by atoms with E-state index in [4.69, 9.17) is 43.8 Å². The van der Waals surface area contributed by atoms with Gasteiger partial charge in [-0.3, -0.25) is 9.11 Å². The molecule has 0 amide bonds. The molecule has 0 aliphatic rings. The van der Waals surface area contributed by atoms with Crippen LogP contribution in [0.5, 0.6) is 0 Å². The Morgan fingerprint density at radius 3 is 1.69 bits per heavy atom. The van der Waals surface area contributed by atoms with E-state index in [9.17, 15) is 16.8 Å². The molecule has 8 nitrogen and oxygen atoms in total. The van der Waals surface area contributed by atoms with Crippen molar-refractivity contribution in [2.75, 3.05) is 11.5 Å². The Morgan fingerprint density at radius 1 is 0.846 bits per heavy atom. The average Bonchev–Trinajstić information content (AvgIpc) is 2.48. The topological polar surface area (TPSA) is 161 Å². The molecule has 0 aliphatic carbocycles. The molecule has 26 heavy (non-hydrogen) atoms. The summed E-state index contributed by atoms with van der Waals surface area (Å²) in [5, 5.41) is -0.0275. The molecule has 0 spiro atoms. The second-order valence-corrected chi connectivity index (χ2v) is 8.80. The maximum Gasteiger partial charge on any atom is 0.294 e. The largest absolute Gasteiger partial charge is 0.398 e. The molecule has 6 N–H and O–H groups in total. The summed E-state index contributed by atoms with van der Waals surface area (Å²) in [6, 6.07) is 4.96. The average molecular weight is 443 g/mol. The van der Waals surface area contributed by atoms with E-state index in [1.807, 2.05) is 0 Å². The number of rotatable bonds is 2. The quantitative estimate of drug-likeness (QED) is 0.407. The van der Waals surface area contributed by atoms with Crippen molar-refractivity contribution < 1.29 is 25.9 Å². The van der Waals surface area contributed by atoms with Gasteiger partial charge in [-0.25, -0.2) is 0 Å². The van der Waals surface area contributed by atoms with Crippen molar-refractivity contribution in [2.24, 2.45) is 0 Å². The van der Waals surface area contributed by atoms with Gasteiger partial charge >= 0.3 is 0 Å². The van der Waals surface area contributed by atoms with Gasteiger partial charge in [-0.2, -0.15) is 16.8 Å². The van der Waals surface area contributed by atoms with Crippen LogP contribution in [-0.2, 0) is 20.2 Å². The lowest BCUT2D eigenvalue weighted by atomic mass is 10.1. The monoisotopic (exact) mass is 442 g/mol. The minimum atomic E-state index is -4.29. The summed E-state index contributed by atoms with van der Waals surface area (Å²) in [4.78, 5) is -0.507. The van der Waals surface area contributed by atoms with Gasteiger partial charge in [0.1, 0.15) is 0 Å². The molecular weight excluding hydrogens is 427 g/mol. The van der Waals surface area contributed by atoms with Gasteiger partial charge in [0.25, 0.3) is 20.2 Å². The summed E-state index contributed by atoms with van der Waals surface area (Å²) in [5.41, 5.74) is 12.6. The molecule has 0 unspecified atom stereocenters. The number of halogens is 2. The molecule has 144 valence electrons. The number of hydrogen-bond acceptors (Lipinski definition) is 6. The van der Waals surface area contributed by atoms with Gasteiger partial charge in [-0.1, -0.05) is 29.3 Å². The molecule has 2 aromatic rings. The number of nitrogen functional groups attached to an aromatic ring is 2. The smallest absolute Gasteiger partial charge is 0.294 e. The van der Waals surface area contributed by atoms with Crippen LogP contribution in [0.1, 0.15) is 11.1 Å². The Labute approximate surface area is 161 Å². The van der Waals surface area contributed by atoms with Crippen molar-refractivity contribution in [3.05, 3.63) is 45.4 Å². The molecule has 0 heterocycles. The summed E-state index contributed by atoms with van der Waals surface area (Å²) in [6.45, 7) is 3.33. The summed E-state index contributed by atoms with van der Waals surface area (Å²) in [5.74, 6) is 0. The van der Waals surface area contributed by atoms with Gasteiger partial charge in [0, 0.05) is 5.69 Å². The lowest BCUT2D eigenvalue weighted by Gasteiger charge is -2.07. The fraction of sp³-hybridized carbons (Fsp3) is 0.143. The van der Waals surface area contributed by atoms with E-state index in [0.717, 1.165) is 17.7 Å². The van der Waals surface area contributed by atoms with E-state index in [2.05, 4.69) is 0 Å². The third-order valence-corrected chi connectivity index (χ3v) is 5.77. The maximum atomic E-state index is 10.8. The molecule has 0 fully saturated rings. The maximum absolute atomic E-state index is 10.8. The fourth-order valence-corrected chi connectivity index (χ4v) is 3.72. The van der Waals surface area contributed by atoms with Crippen molar-refractivity contribution >= 4 is 54.8 Å². The van der Waals surface area contributed by atoms with Gasteiger partial charge in [0.2, 0.25) is 0 Å². The first kappa shape index (κ1) is 22.5. The van der Waals surface area contributed by atoms with Crippen LogP contribution in [0.25, 0.3) is 0 Å². The van der Waals surface area contributed by atoms with Crippen LogP contribution in [-0.4, -0.2) is 25.9 Å². The van der Waals surface area contributed by atoms with Crippen molar-refractivity contribution in [2.45, 2.75) is 23.6 Å². The highest BCUT2D eigenvalue weighted by atomic mass is 35.5. The number of benzene rings is 2. The molecule has 0 saturated carbocycles. The minimum Gasteiger partial charge on any atom is -0.398 e. The molecule has 0 aliphatic heterocycles. The molecule has 0 atom stereocenters. The van der Waals surface area contributed by atoms with Gasteiger partial charge in [0.05, 0.1) is 25.5 Å². The first-order valence-corrected chi connectivity index (χ1v) is 10.3. The molecule has 12 heteroatoms. The van der Waals surface area contributed by atoms with Crippen molar-refractivity contribution in [3.63, 3.8) is 0 Å². The highest BCUT2D eigenvalue weighted by molar-refractivity contribution is 7.86. The number of aryl methyl sites for hydroxylation is 1. The fourth-order valence-electron chi connectivity index (χ4n) is 1.83. The van der Waals surface area contributed by atoms with E-state index < -0.39 is 20.2 Å². The molecule has 0 radical (unpaired) electrons. The molecule has 2 aromatic carbocycles. The van der Waals surface area contributed by atoms with Crippen LogP contribution < -0.4 is 11.5 Å². The standard InChI is InChI=1S/C8H11NO3S.C6H5Cl2NO3S/c1-5-3-4-7(13(10,11)12)6(2)8(5)9;7-4-1-3(13(10,11)12)2-5(8)6(4)9/h3-4H,9H2,1-2H3,(H,10,11,12);1-2H,9H2,(H,10,11,12). The zero-order chi connectivity index (χ0) is 20.4. The third-order valence-electron chi connectivity index (χ3n) is 3.31. The minimum absolute atomic E-state index is 0.0138. The molecule has 2 rings (SSSR count). The Morgan fingerprint density at radius 2 is 1.31 bits per heavy atom. The molecular formula is C14H16Cl2N2O6S2. The van der Waals surface area contributed by atoms with Gasteiger partial charge in [0.15, 0.2) is 0 Å². The zero-order valence-corrected chi connectivity index (χ0v) is 16.7. The predicted octanol–water partition coefficient (Wildman–Crippen LogP) is 2.95. The van der Waals surface area contributed by atoms with E-state index >= 15 is 0 Å². The Bertz CT molecular complexity index is 1030. The number of anilines is 2. The number of hydrogen-bond donors (Lipinski definition) is 4. The Hall–Kier alpha value is -1.56. The van der Waals surface area contributed by atoms with Crippen LogP contribution in [0.2, 0.25) is 10.0 Å². The van der Waals surface area contributed by atoms with Gasteiger partial charge in [-0.15, -0.1) is 0 Å². The second-order valence-electron chi connectivity index (χ2n) is 5.17. The van der Waals surface area contributed by atoms with Crippen LogP contribution in [0, 0.1) is 13.8 Å². The van der Waals surface area contributed by atoms with Gasteiger partial charge < -0.3 is 11.5 Å². The first-order valence-electron chi connectivity index (χ1n) is 6.71. The molecule has 0 aromatic heterocycles. The molecule has 0 bridgehead atoms. The SMILES string of the molecule is Cc1ccc(S(=O)(=O)O)c(C)c1N.Nc1c(Cl)cc(S(=O)(=O)O)cc1Cl. The first-order chi connectivity index (χ1) is 11.7. The lowest BCUT2D eigenvalue weighted by molar-refractivity contribution is 0.480. The van der Waals surface area contributed by atoms with Crippen LogP contribution >= 0.6 is 23.2 Å². The van der Waals surface area contributed by atoms with Crippen molar-refractivity contribution in [1.29, 1.82) is 0 Å². The normalized spacial score (nSPS) is 11.6. The number of nitrogens with two attached hydrogens (primary N) is 2. The highest BCUT2D eigenvalue weighted by Crippen LogP contribution is 2.30. The van der Waals surface area contributed by atoms with E-state index in [1.165, 1.54) is 6.07 Å². The zero-order valence-electron chi connectivity index (χ0n) is 13.6. The summed E-state index contributed by atoms with van der Waals surface area (Å²) < 4.78 is 60.4. The van der Waals surface area contributed by atoms with Crippen LogP contribution in [0.4, 0.5) is 11.4 Å². The summed E-state index contributed by atoms with van der Waals surface area (Å²) >= 11 is 11.1. The van der Waals surface area contributed by atoms with Crippen molar-refractivity contribution in [1.82, 2.24) is 0 Å². The van der Waals surface area contributed by atoms with E-state index in [-0.39, 0.29) is 25.5 Å². The van der Waals surface area contributed by atoms with E-state index in [0.29, 0.717) is 11.3 Å². The molecule has 0 saturated heterocycles. The highest BCUT2D eigenvalue weighted by Gasteiger charge is 2.15. The second kappa shape index (κ2) is 7.99. The Balaban J connectivity index is 0.000000260. The van der Waals surface area contributed by atoms with Crippen molar-refractivity contribution in [3.8, 4) is 0 Å². The lowest BCUT2D eigenvalue weighted by Crippen LogP contribution is -2.04. The summed E-state index contributed by atoms with van der Waals surface area (Å²) in [6.07, 6.45) is 0.